The average Bonchev–Trinajstić information content (AvgIpc) is 2.34. The summed E-state index contributed by atoms with van der Waals surface area (Å²) in [6.07, 6.45) is 1.70. The lowest BCUT2D eigenvalue weighted by molar-refractivity contribution is -0.136. The zero-order chi connectivity index (χ0) is 12.7. The highest BCUT2D eigenvalue weighted by molar-refractivity contribution is 5.78. The molecule has 1 rings (SSSR count). The van der Waals surface area contributed by atoms with Gasteiger partial charge in [0.25, 0.3) is 0 Å². The number of amides is 1. The van der Waals surface area contributed by atoms with E-state index in [9.17, 15) is 4.79 Å². The van der Waals surface area contributed by atoms with Gasteiger partial charge in [-0.05, 0) is 12.8 Å². The van der Waals surface area contributed by atoms with Crippen molar-refractivity contribution in [2.75, 3.05) is 46.4 Å². The Kier molecular flexibility index (Phi) is 6.43. The van der Waals surface area contributed by atoms with Crippen molar-refractivity contribution in [2.24, 2.45) is 17.5 Å². The molecule has 1 fully saturated rings. The molecule has 0 aromatic heterocycles. The van der Waals surface area contributed by atoms with E-state index in [-0.39, 0.29) is 11.8 Å². The van der Waals surface area contributed by atoms with E-state index in [4.69, 9.17) is 16.3 Å². The van der Waals surface area contributed by atoms with Gasteiger partial charge in [-0.15, -0.1) is 0 Å². The first-order valence-electron chi connectivity index (χ1n) is 6.17. The number of nitrogens with two attached hydrogens (primary N) is 2. The van der Waals surface area contributed by atoms with Gasteiger partial charge < -0.3 is 15.4 Å². The molecule has 0 aliphatic carbocycles. The van der Waals surface area contributed by atoms with Gasteiger partial charge in [-0.1, -0.05) is 0 Å². The van der Waals surface area contributed by atoms with Crippen molar-refractivity contribution in [3.8, 4) is 0 Å². The number of rotatable bonds is 6. The Morgan fingerprint density at radius 2 is 2.06 bits per heavy atom. The summed E-state index contributed by atoms with van der Waals surface area (Å²) in [5.41, 5.74) is 5.31. The lowest BCUT2D eigenvalue weighted by Gasteiger charge is -2.30. The molecule has 0 atom stereocenters. The van der Waals surface area contributed by atoms with E-state index < -0.39 is 0 Å². The lowest BCUT2D eigenvalue weighted by Crippen LogP contribution is -2.44. The Balaban J connectivity index is 2.21. The molecule has 100 valence electrons. The summed E-state index contributed by atoms with van der Waals surface area (Å²) in [6.45, 7) is 3.85. The van der Waals surface area contributed by atoms with E-state index in [0.29, 0.717) is 26.3 Å². The first kappa shape index (κ1) is 14.4. The Bertz CT molecular complexity index is 230. The smallest absolute Gasteiger partial charge is 0.225 e. The van der Waals surface area contributed by atoms with Crippen LogP contribution in [-0.2, 0) is 9.53 Å². The second kappa shape index (κ2) is 7.60. The molecule has 0 radical (unpaired) electrons. The third-order valence-corrected chi connectivity index (χ3v) is 3.09. The molecule has 1 saturated heterocycles. The Morgan fingerprint density at radius 3 is 2.65 bits per heavy atom. The van der Waals surface area contributed by atoms with Gasteiger partial charge in [-0.3, -0.25) is 10.6 Å². The summed E-state index contributed by atoms with van der Waals surface area (Å²) >= 11 is 0. The second-order valence-electron chi connectivity index (χ2n) is 4.47. The van der Waals surface area contributed by atoms with Crippen molar-refractivity contribution in [3.05, 3.63) is 0 Å². The van der Waals surface area contributed by atoms with Crippen LogP contribution in [0, 0.1) is 5.92 Å². The van der Waals surface area contributed by atoms with Gasteiger partial charge in [0.05, 0.1) is 13.2 Å². The van der Waals surface area contributed by atoms with Crippen LogP contribution < -0.4 is 11.6 Å². The van der Waals surface area contributed by atoms with E-state index in [1.165, 1.54) is 0 Å². The molecule has 0 spiro atoms. The van der Waals surface area contributed by atoms with E-state index in [1.54, 1.807) is 9.91 Å². The number of hydrogen-bond acceptors (Lipinski definition) is 5. The van der Waals surface area contributed by atoms with E-state index >= 15 is 0 Å². The molecule has 1 amide bonds. The van der Waals surface area contributed by atoms with Crippen molar-refractivity contribution in [2.45, 2.75) is 12.8 Å². The molecule has 6 nitrogen and oxygen atoms in total. The third-order valence-electron chi connectivity index (χ3n) is 3.09. The first-order chi connectivity index (χ1) is 8.15. The maximum absolute atomic E-state index is 12.1. The SMILES string of the molecule is CN(CCOCCN)C(=O)C1CCN(N)CC1. The lowest BCUT2D eigenvalue weighted by atomic mass is 9.96. The largest absolute Gasteiger partial charge is 0.378 e. The maximum atomic E-state index is 12.1. The molecule has 0 bridgehead atoms. The molecular formula is C11H24N4O2. The van der Waals surface area contributed by atoms with Gasteiger partial charge in [-0.25, -0.2) is 5.01 Å². The van der Waals surface area contributed by atoms with Gasteiger partial charge in [0.15, 0.2) is 0 Å². The topological polar surface area (TPSA) is 84.8 Å². The van der Waals surface area contributed by atoms with Crippen molar-refractivity contribution in [1.29, 1.82) is 0 Å². The number of hydrazine groups is 1. The number of carbonyl (C=O) groups excluding carboxylic acids is 1. The molecule has 0 aromatic rings. The standard InChI is InChI=1S/C11H24N4O2/c1-14(7-9-17-8-4-12)11(16)10-2-5-15(13)6-3-10/h10H,2-9,12-13H2,1H3. The van der Waals surface area contributed by atoms with Crippen molar-refractivity contribution in [3.63, 3.8) is 0 Å². The van der Waals surface area contributed by atoms with Crippen LogP contribution in [0.4, 0.5) is 0 Å². The van der Waals surface area contributed by atoms with Crippen LogP contribution in [0.5, 0.6) is 0 Å². The van der Waals surface area contributed by atoms with Crippen LogP contribution in [0.1, 0.15) is 12.8 Å². The Labute approximate surface area is 103 Å². The van der Waals surface area contributed by atoms with Crippen molar-refractivity contribution < 1.29 is 9.53 Å². The number of carbonyl (C=O) groups is 1. The number of piperidine rings is 1. The average molecular weight is 244 g/mol. The van der Waals surface area contributed by atoms with Crippen LogP contribution >= 0.6 is 0 Å². The minimum absolute atomic E-state index is 0.120. The molecule has 17 heavy (non-hydrogen) atoms. The molecule has 0 aromatic carbocycles. The minimum Gasteiger partial charge on any atom is -0.378 e. The van der Waals surface area contributed by atoms with Gasteiger partial charge in [0.1, 0.15) is 0 Å². The zero-order valence-corrected chi connectivity index (χ0v) is 10.6. The van der Waals surface area contributed by atoms with Gasteiger partial charge in [-0.2, -0.15) is 0 Å². The van der Waals surface area contributed by atoms with Crippen LogP contribution in [-0.4, -0.2) is 62.3 Å². The fourth-order valence-corrected chi connectivity index (χ4v) is 1.96. The molecule has 4 N–H and O–H groups in total. The quantitative estimate of drug-likeness (QED) is 0.463. The fourth-order valence-electron chi connectivity index (χ4n) is 1.96. The molecule has 0 saturated carbocycles. The Hall–Kier alpha value is -0.690. The molecular weight excluding hydrogens is 220 g/mol. The van der Waals surface area contributed by atoms with Gasteiger partial charge >= 0.3 is 0 Å². The summed E-state index contributed by atoms with van der Waals surface area (Å²) in [7, 11) is 1.82. The molecule has 6 heteroatoms. The summed E-state index contributed by atoms with van der Waals surface area (Å²) in [6, 6.07) is 0. The molecule has 0 unspecified atom stereocenters. The summed E-state index contributed by atoms with van der Waals surface area (Å²) in [5.74, 6) is 5.99. The summed E-state index contributed by atoms with van der Waals surface area (Å²) in [5, 5.41) is 1.77. The molecule has 1 aliphatic heterocycles. The highest BCUT2D eigenvalue weighted by atomic mass is 16.5. The van der Waals surface area contributed by atoms with Crippen LogP contribution in [0.15, 0.2) is 0 Å². The van der Waals surface area contributed by atoms with Crippen molar-refractivity contribution in [1.82, 2.24) is 9.91 Å². The zero-order valence-electron chi connectivity index (χ0n) is 10.6. The molecule has 1 heterocycles. The van der Waals surface area contributed by atoms with Crippen LogP contribution in [0.25, 0.3) is 0 Å². The highest BCUT2D eigenvalue weighted by Crippen LogP contribution is 2.17. The third kappa shape index (κ3) is 4.99. The first-order valence-corrected chi connectivity index (χ1v) is 6.17. The van der Waals surface area contributed by atoms with Crippen molar-refractivity contribution >= 4 is 5.91 Å². The number of ether oxygens (including phenoxy) is 1. The minimum atomic E-state index is 0.120. The Morgan fingerprint density at radius 1 is 1.41 bits per heavy atom. The number of hydrogen-bond donors (Lipinski definition) is 2. The summed E-state index contributed by atoms with van der Waals surface area (Å²) in [4.78, 5) is 13.8. The predicted octanol–water partition coefficient (Wildman–Crippen LogP) is -0.994. The highest BCUT2D eigenvalue weighted by Gasteiger charge is 2.25. The van der Waals surface area contributed by atoms with Crippen LogP contribution in [0.3, 0.4) is 0 Å². The number of likely N-dealkylation sites (N-methyl/N-ethyl adjacent to an activating group) is 1. The van der Waals surface area contributed by atoms with E-state index in [0.717, 1.165) is 25.9 Å². The van der Waals surface area contributed by atoms with Gasteiger partial charge in [0.2, 0.25) is 5.91 Å². The monoisotopic (exact) mass is 244 g/mol. The predicted molar refractivity (Wildman–Crippen MR) is 66.0 cm³/mol. The number of nitrogens with zero attached hydrogens (tertiary/aromatic N) is 2. The van der Waals surface area contributed by atoms with Crippen LogP contribution in [0.2, 0.25) is 0 Å². The normalized spacial score (nSPS) is 18.3. The van der Waals surface area contributed by atoms with E-state index in [2.05, 4.69) is 0 Å². The summed E-state index contributed by atoms with van der Waals surface area (Å²) < 4.78 is 5.26. The van der Waals surface area contributed by atoms with E-state index in [1.807, 2.05) is 7.05 Å². The fraction of sp³-hybridized carbons (Fsp3) is 0.909. The van der Waals surface area contributed by atoms with Gasteiger partial charge in [0, 0.05) is 39.1 Å². The maximum Gasteiger partial charge on any atom is 0.225 e. The molecule has 1 aliphatic rings. The second-order valence-corrected chi connectivity index (χ2v) is 4.47.